The van der Waals surface area contributed by atoms with Gasteiger partial charge >= 0.3 is 11.9 Å². The van der Waals surface area contributed by atoms with E-state index in [-0.39, 0.29) is 25.2 Å². The Balaban J connectivity index is 4.36. The molecule has 5 nitrogen and oxygen atoms in total. The number of rotatable bonds is 46. The van der Waals surface area contributed by atoms with Crippen LogP contribution in [0.1, 0.15) is 239 Å². The number of hydrogen-bond donors (Lipinski definition) is 0. The minimum atomic E-state index is -0.561. The van der Waals surface area contributed by atoms with E-state index in [0.717, 1.165) is 83.5 Å². The van der Waals surface area contributed by atoms with Gasteiger partial charge in [0.25, 0.3) is 0 Å². The van der Waals surface area contributed by atoms with Crippen molar-refractivity contribution in [2.24, 2.45) is 0 Å². The first-order valence-corrected chi connectivity index (χ1v) is 25.5. The van der Waals surface area contributed by atoms with Crippen molar-refractivity contribution in [1.82, 2.24) is 0 Å². The molecule has 1 unspecified atom stereocenters. The van der Waals surface area contributed by atoms with Gasteiger partial charge in [0.2, 0.25) is 0 Å². The van der Waals surface area contributed by atoms with Crippen LogP contribution in [-0.2, 0) is 23.8 Å². The first-order valence-electron chi connectivity index (χ1n) is 25.5. The number of carbonyl (C=O) groups excluding carboxylic acids is 2. The number of esters is 2. The second-order valence-corrected chi connectivity index (χ2v) is 16.7. The van der Waals surface area contributed by atoms with Gasteiger partial charge in [0.1, 0.15) is 6.61 Å². The summed E-state index contributed by atoms with van der Waals surface area (Å²) in [5.41, 5.74) is 0. The van der Waals surface area contributed by atoms with Crippen LogP contribution in [-0.4, -0.2) is 37.9 Å². The van der Waals surface area contributed by atoms with Gasteiger partial charge in [-0.1, -0.05) is 190 Å². The van der Waals surface area contributed by atoms with Crippen LogP contribution in [0.5, 0.6) is 0 Å². The highest BCUT2D eigenvalue weighted by atomic mass is 16.6. The van der Waals surface area contributed by atoms with E-state index in [1.54, 1.807) is 0 Å². The molecule has 0 rings (SSSR count). The average Bonchev–Trinajstić information content (AvgIpc) is 3.25. The SMILES string of the molecule is CC/C=C\C/C=C\C/C=C\C/C=C\CCCCC(=O)OCC(COCCCCCCCC/C=C\CCCCCC)OC(=O)CCCCCCC/C=C\CCCCCCCC. The van der Waals surface area contributed by atoms with E-state index in [0.29, 0.717) is 19.4 Å². The van der Waals surface area contributed by atoms with Crippen LogP contribution in [0.3, 0.4) is 0 Å². The number of carbonyl (C=O) groups is 2. The van der Waals surface area contributed by atoms with Crippen LogP contribution in [0, 0.1) is 0 Å². The Hall–Kier alpha value is -2.66. The fourth-order valence-corrected chi connectivity index (χ4v) is 6.90. The molecule has 0 amide bonds. The molecule has 0 saturated carbocycles. The maximum Gasteiger partial charge on any atom is 0.306 e. The van der Waals surface area contributed by atoms with E-state index >= 15 is 0 Å². The minimum absolute atomic E-state index is 0.0565. The number of unbranched alkanes of at least 4 members (excludes halogenated alkanes) is 23. The minimum Gasteiger partial charge on any atom is -0.462 e. The molecule has 0 heterocycles. The molecule has 0 fully saturated rings. The zero-order chi connectivity index (χ0) is 43.5. The standard InChI is InChI=1S/C55H96O5/c1-4-7-10-13-16-19-22-25-28-30-33-36-39-42-45-48-54(56)59-52-53(51-58-50-47-44-41-38-35-32-27-24-21-18-15-12-9-6-3)60-55(57)49-46-43-40-37-34-31-29-26-23-20-17-14-11-8-5-2/h7,10,16,19,21,24-26,28-29,33,36,53H,4-6,8-9,11-15,17-18,20,22-23,27,30-32,34-35,37-52H2,1-3H3/b10-7-,19-16-,24-21-,28-25-,29-26-,36-33-. The predicted octanol–water partition coefficient (Wildman–Crippen LogP) is 17.1. The van der Waals surface area contributed by atoms with Crippen LogP contribution in [0.15, 0.2) is 72.9 Å². The lowest BCUT2D eigenvalue weighted by Gasteiger charge is -2.18. The summed E-state index contributed by atoms with van der Waals surface area (Å²) in [7, 11) is 0. The lowest BCUT2D eigenvalue weighted by atomic mass is 10.1. The number of hydrogen-bond acceptors (Lipinski definition) is 5. The average molecular weight is 837 g/mol. The summed E-state index contributed by atoms with van der Waals surface area (Å²) in [6.45, 7) is 7.64. The van der Waals surface area contributed by atoms with Gasteiger partial charge in [-0.05, 0) is 109 Å². The van der Waals surface area contributed by atoms with Crippen LogP contribution >= 0.6 is 0 Å². The van der Waals surface area contributed by atoms with Gasteiger partial charge in [-0.2, -0.15) is 0 Å². The summed E-state index contributed by atoms with van der Waals surface area (Å²) < 4.78 is 17.3. The van der Waals surface area contributed by atoms with E-state index in [9.17, 15) is 9.59 Å². The molecule has 0 aromatic heterocycles. The fraction of sp³-hybridized carbons (Fsp3) is 0.745. The van der Waals surface area contributed by atoms with Crippen molar-refractivity contribution in [2.45, 2.75) is 245 Å². The van der Waals surface area contributed by atoms with Gasteiger partial charge < -0.3 is 14.2 Å². The van der Waals surface area contributed by atoms with Crippen molar-refractivity contribution in [2.75, 3.05) is 19.8 Å². The molecule has 0 radical (unpaired) electrons. The summed E-state index contributed by atoms with van der Waals surface area (Å²) in [4.78, 5) is 25.4. The van der Waals surface area contributed by atoms with E-state index in [1.807, 2.05) is 0 Å². The molecular formula is C55H96O5. The highest BCUT2D eigenvalue weighted by Crippen LogP contribution is 2.13. The molecule has 0 spiro atoms. The molecule has 1 atom stereocenters. The van der Waals surface area contributed by atoms with Crippen molar-refractivity contribution < 1.29 is 23.8 Å². The molecular weight excluding hydrogens is 741 g/mol. The largest absolute Gasteiger partial charge is 0.462 e. The maximum atomic E-state index is 12.8. The molecule has 0 aromatic carbocycles. The summed E-state index contributed by atoms with van der Waals surface area (Å²) >= 11 is 0. The third kappa shape index (κ3) is 48.0. The Labute approximate surface area is 372 Å². The van der Waals surface area contributed by atoms with E-state index in [2.05, 4.69) is 93.7 Å². The highest BCUT2D eigenvalue weighted by Gasteiger charge is 2.17. The summed E-state index contributed by atoms with van der Waals surface area (Å²) in [6, 6.07) is 0. The Bertz CT molecular complexity index is 1080. The van der Waals surface area contributed by atoms with Crippen LogP contribution in [0.2, 0.25) is 0 Å². The quantitative estimate of drug-likeness (QED) is 0.0347. The third-order valence-corrected chi connectivity index (χ3v) is 10.7. The smallest absolute Gasteiger partial charge is 0.306 e. The monoisotopic (exact) mass is 837 g/mol. The number of allylic oxidation sites excluding steroid dienone is 12. The molecule has 0 aliphatic rings. The normalized spacial score (nSPS) is 12.8. The first kappa shape index (κ1) is 57.3. The van der Waals surface area contributed by atoms with Gasteiger partial charge in [0.15, 0.2) is 6.10 Å². The predicted molar refractivity (Wildman–Crippen MR) is 260 cm³/mol. The molecule has 0 aliphatic carbocycles. The molecule has 0 N–H and O–H groups in total. The third-order valence-electron chi connectivity index (χ3n) is 10.7. The lowest BCUT2D eigenvalue weighted by molar-refractivity contribution is -0.163. The topological polar surface area (TPSA) is 61.8 Å². The van der Waals surface area contributed by atoms with E-state index in [4.69, 9.17) is 14.2 Å². The Morgan fingerprint density at radius 1 is 0.383 bits per heavy atom. The van der Waals surface area contributed by atoms with Crippen molar-refractivity contribution in [3.63, 3.8) is 0 Å². The Kier molecular flexibility index (Phi) is 48.4. The maximum absolute atomic E-state index is 12.8. The Morgan fingerprint density at radius 2 is 0.750 bits per heavy atom. The van der Waals surface area contributed by atoms with Crippen molar-refractivity contribution in [1.29, 1.82) is 0 Å². The zero-order valence-electron chi connectivity index (χ0n) is 39.7. The lowest BCUT2D eigenvalue weighted by Crippen LogP contribution is -2.30. The van der Waals surface area contributed by atoms with Crippen LogP contribution < -0.4 is 0 Å². The zero-order valence-corrected chi connectivity index (χ0v) is 39.7. The first-order chi connectivity index (χ1) is 29.6. The van der Waals surface area contributed by atoms with Gasteiger partial charge in [0, 0.05) is 19.4 Å². The summed E-state index contributed by atoms with van der Waals surface area (Å²) in [5.74, 6) is -0.456. The molecule has 0 aromatic rings. The molecule has 0 aliphatic heterocycles. The molecule has 5 heteroatoms. The number of ether oxygens (including phenoxy) is 3. The second-order valence-electron chi connectivity index (χ2n) is 16.7. The van der Waals surface area contributed by atoms with Crippen molar-refractivity contribution in [3.8, 4) is 0 Å². The Morgan fingerprint density at radius 3 is 1.27 bits per heavy atom. The van der Waals surface area contributed by atoms with Crippen molar-refractivity contribution >= 4 is 11.9 Å². The summed E-state index contributed by atoms with van der Waals surface area (Å²) in [5, 5.41) is 0. The van der Waals surface area contributed by atoms with E-state index < -0.39 is 6.10 Å². The van der Waals surface area contributed by atoms with Crippen LogP contribution in [0.25, 0.3) is 0 Å². The van der Waals surface area contributed by atoms with E-state index in [1.165, 1.54) is 122 Å². The molecule has 0 bridgehead atoms. The summed E-state index contributed by atoms with van der Waals surface area (Å²) in [6.07, 6.45) is 64.8. The van der Waals surface area contributed by atoms with Gasteiger partial charge in [-0.25, -0.2) is 0 Å². The van der Waals surface area contributed by atoms with Crippen molar-refractivity contribution in [3.05, 3.63) is 72.9 Å². The molecule has 60 heavy (non-hydrogen) atoms. The molecule has 346 valence electrons. The van der Waals surface area contributed by atoms with Gasteiger partial charge in [-0.3, -0.25) is 9.59 Å². The second kappa shape index (κ2) is 50.7. The molecule has 0 saturated heterocycles. The highest BCUT2D eigenvalue weighted by molar-refractivity contribution is 5.70. The van der Waals surface area contributed by atoms with Gasteiger partial charge in [-0.15, -0.1) is 0 Å². The van der Waals surface area contributed by atoms with Crippen LogP contribution in [0.4, 0.5) is 0 Å². The fourth-order valence-electron chi connectivity index (χ4n) is 6.90. The van der Waals surface area contributed by atoms with Gasteiger partial charge in [0.05, 0.1) is 6.61 Å².